The molecule has 1 aromatic rings. The molecule has 0 spiro atoms. The van der Waals surface area contributed by atoms with E-state index in [2.05, 4.69) is 28.9 Å². The van der Waals surface area contributed by atoms with Gasteiger partial charge in [0.05, 0.1) is 32.5 Å². The number of halogens is 6. The molecule has 9 nitrogen and oxygen atoms in total. The van der Waals surface area contributed by atoms with Crippen LogP contribution in [-0.4, -0.2) is 103 Å². The van der Waals surface area contributed by atoms with Gasteiger partial charge >= 0.3 is 24.3 Å². The van der Waals surface area contributed by atoms with Gasteiger partial charge in [-0.05, 0) is 31.0 Å². The van der Waals surface area contributed by atoms with Gasteiger partial charge in [-0.2, -0.15) is 26.3 Å². The highest BCUT2D eigenvalue weighted by Gasteiger charge is 2.41. The number of piperidine rings is 1. The van der Waals surface area contributed by atoms with E-state index >= 15 is 0 Å². The number of likely N-dealkylation sites (tertiary alicyclic amines) is 1. The molecule has 0 unspecified atom stereocenters. The molecule has 4 heterocycles. The van der Waals surface area contributed by atoms with E-state index in [1.807, 2.05) is 0 Å². The Kier molecular flexibility index (Phi) is 11.9. The van der Waals surface area contributed by atoms with Crippen LogP contribution in [0, 0.1) is 11.8 Å². The summed E-state index contributed by atoms with van der Waals surface area (Å²) in [7, 11) is 0. The van der Waals surface area contributed by atoms with Crippen molar-refractivity contribution in [1.29, 1.82) is 0 Å². The molecule has 0 radical (unpaired) electrons. The van der Waals surface area contributed by atoms with E-state index in [4.69, 9.17) is 33.7 Å². The summed E-state index contributed by atoms with van der Waals surface area (Å²) in [4.78, 5) is 22.8. The zero-order valence-electron chi connectivity index (χ0n) is 20.8. The summed E-state index contributed by atoms with van der Waals surface area (Å²) in [6.45, 7) is 11.3. The molecule has 3 atom stereocenters. The number of morpholine rings is 1. The molecular formula is C23H32F6N2O7. The summed E-state index contributed by atoms with van der Waals surface area (Å²) in [6.07, 6.45) is -7.52. The molecule has 3 saturated heterocycles. The lowest BCUT2D eigenvalue weighted by atomic mass is 9.84. The zero-order valence-corrected chi connectivity index (χ0v) is 20.8. The van der Waals surface area contributed by atoms with E-state index in [1.165, 1.54) is 6.42 Å². The van der Waals surface area contributed by atoms with Gasteiger partial charge in [-0.1, -0.05) is 6.92 Å². The Morgan fingerprint density at radius 2 is 1.50 bits per heavy atom. The number of aliphatic carboxylic acids is 2. The SMILES string of the molecule is CCc1ccc(CN2CC[C@@H]3[C@@H](CO[C@H]3CN3CCOCC3)C2)o1.O=C(O)C(F)(F)F.O=C(O)C(F)(F)F. The van der Waals surface area contributed by atoms with Gasteiger partial charge in [-0.3, -0.25) is 9.80 Å². The number of ether oxygens (including phenoxy) is 2. The lowest BCUT2D eigenvalue weighted by Gasteiger charge is -2.36. The molecule has 3 aliphatic rings. The number of aryl methyl sites for hydroxylation is 1. The third-order valence-electron chi connectivity index (χ3n) is 6.35. The van der Waals surface area contributed by atoms with Crippen LogP contribution in [0.5, 0.6) is 0 Å². The Morgan fingerprint density at radius 1 is 0.947 bits per heavy atom. The number of furan rings is 1. The fraction of sp³-hybridized carbons (Fsp3) is 0.739. The van der Waals surface area contributed by atoms with Crippen molar-refractivity contribution in [3.63, 3.8) is 0 Å². The molecule has 0 saturated carbocycles. The predicted molar refractivity (Wildman–Crippen MR) is 119 cm³/mol. The molecule has 0 amide bonds. The number of carbonyl (C=O) groups is 2. The van der Waals surface area contributed by atoms with Crippen molar-refractivity contribution in [2.75, 3.05) is 52.5 Å². The molecule has 2 N–H and O–H groups in total. The fourth-order valence-electron chi connectivity index (χ4n) is 4.45. The molecule has 38 heavy (non-hydrogen) atoms. The lowest BCUT2D eigenvalue weighted by Crippen LogP contribution is -2.45. The van der Waals surface area contributed by atoms with Crippen LogP contribution < -0.4 is 0 Å². The highest BCUT2D eigenvalue weighted by atomic mass is 19.4. The van der Waals surface area contributed by atoms with Crippen LogP contribution in [0.2, 0.25) is 0 Å². The Balaban J connectivity index is 0.000000301. The second kappa shape index (κ2) is 14.1. The number of hydrogen-bond acceptors (Lipinski definition) is 7. The average molecular weight is 563 g/mol. The maximum Gasteiger partial charge on any atom is 0.490 e. The zero-order chi connectivity index (χ0) is 28.5. The second-order valence-electron chi connectivity index (χ2n) is 9.06. The second-order valence-corrected chi connectivity index (χ2v) is 9.06. The molecule has 4 rings (SSSR count). The lowest BCUT2D eigenvalue weighted by molar-refractivity contribution is -0.193. The topological polar surface area (TPSA) is 113 Å². The van der Waals surface area contributed by atoms with Crippen molar-refractivity contribution >= 4 is 11.9 Å². The largest absolute Gasteiger partial charge is 0.490 e. The minimum absolute atomic E-state index is 0.422. The molecule has 0 bridgehead atoms. The van der Waals surface area contributed by atoms with Crippen molar-refractivity contribution < 1.29 is 60.0 Å². The van der Waals surface area contributed by atoms with E-state index in [0.717, 1.165) is 82.9 Å². The van der Waals surface area contributed by atoms with Crippen molar-refractivity contribution in [3.05, 3.63) is 23.7 Å². The van der Waals surface area contributed by atoms with Crippen molar-refractivity contribution in [3.8, 4) is 0 Å². The summed E-state index contributed by atoms with van der Waals surface area (Å²) in [5.74, 6) is -1.90. The van der Waals surface area contributed by atoms with Gasteiger partial charge in [0, 0.05) is 38.5 Å². The van der Waals surface area contributed by atoms with E-state index in [1.54, 1.807) is 0 Å². The smallest absolute Gasteiger partial charge is 0.475 e. The van der Waals surface area contributed by atoms with Crippen molar-refractivity contribution in [2.24, 2.45) is 11.8 Å². The Hall–Kier alpha value is -2.36. The average Bonchev–Trinajstić information content (AvgIpc) is 3.46. The van der Waals surface area contributed by atoms with Gasteiger partial charge in [0.25, 0.3) is 0 Å². The highest BCUT2D eigenvalue weighted by molar-refractivity contribution is 5.73. The van der Waals surface area contributed by atoms with E-state index in [9.17, 15) is 26.3 Å². The summed E-state index contributed by atoms with van der Waals surface area (Å²) < 4.78 is 81.0. The van der Waals surface area contributed by atoms with Crippen LogP contribution >= 0.6 is 0 Å². The van der Waals surface area contributed by atoms with Gasteiger partial charge < -0.3 is 24.1 Å². The minimum atomic E-state index is -5.08. The summed E-state index contributed by atoms with van der Waals surface area (Å²) in [5.41, 5.74) is 0. The number of fused-ring (bicyclic) bond motifs is 1. The Labute approximate surface area is 215 Å². The number of alkyl halides is 6. The van der Waals surface area contributed by atoms with Crippen LogP contribution in [0.25, 0.3) is 0 Å². The first-order chi connectivity index (χ1) is 17.7. The van der Waals surface area contributed by atoms with Crippen LogP contribution in [0.4, 0.5) is 26.3 Å². The van der Waals surface area contributed by atoms with E-state index in [-0.39, 0.29) is 0 Å². The van der Waals surface area contributed by atoms with Gasteiger partial charge in [0.15, 0.2) is 0 Å². The molecule has 3 fully saturated rings. The molecule has 3 aliphatic heterocycles. The Morgan fingerprint density at radius 3 is 2.00 bits per heavy atom. The van der Waals surface area contributed by atoms with E-state index in [0.29, 0.717) is 12.0 Å². The molecular weight excluding hydrogens is 530 g/mol. The fourth-order valence-corrected chi connectivity index (χ4v) is 4.45. The summed E-state index contributed by atoms with van der Waals surface area (Å²) in [5, 5.41) is 14.2. The van der Waals surface area contributed by atoms with Crippen molar-refractivity contribution in [2.45, 2.75) is 44.8 Å². The summed E-state index contributed by atoms with van der Waals surface area (Å²) >= 11 is 0. The number of carboxylic acid groups (broad SMARTS) is 2. The molecule has 15 heteroatoms. The maximum absolute atomic E-state index is 10.6. The molecule has 218 valence electrons. The van der Waals surface area contributed by atoms with Gasteiger partial charge in [-0.25, -0.2) is 9.59 Å². The van der Waals surface area contributed by atoms with Crippen LogP contribution in [0.1, 0.15) is 24.9 Å². The first-order valence-corrected chi connectivity index (χ1v) is 12.0. The predicted octanol–water partition coefficient (Wildman–Crippen LogP) is 3.28. The molecule has 1 aromatic heterocycles. The Bertz CT molecular complexity index is 862. The first-order valence-electron chi connectivity index (χ1n) is 12.0. The highest BCUT2D eigenvalue weighted by Crippen LogP contribution is 2.35. The standard InChI is InChI=1S/C19H30N2O3.2C2HF3O2/c1-2-16-3-4-17(24-16)12-21-6-5-18-15(11-21)14-23-19(18)13-20-7-9-22-10-8-20;2*3-2(4,5)1(6)7/h3-4,15,18-19H,2,5-14H2,1H3;2*(H,6,7)/t15-,18-,19+;;/m1../s1. The number of rotatable bonds is 5. The van der Waals surface area contributed by atoms with Crippen LogP contribution in [0.15, 0.2) is 16.5 Å². The number of nitrogens with zero attached hydrogens (tertiary/aromatic N) is 2. The van der Waals surface area contributed by atoms with Gasteiger partial charge in [0.2, 0.25) is 0 Å². The van der Waals surface area contributed by atoms with Crippen LogP contribution in [-0.2, 0) is 32.0 Å². The third-order valence-corrected chi connectivity index (χ3v) is 6.35. The maximum atomic E-state index is 10.6. The van der Waals surface area contributed by atoms with Crippen molar-refractivity contribution in [1.82, 2.24) is 9.80 Å². The number of hydrogen-bond donors (Lipinski definition) is 2. The normalized spacial score (nSPS) is 24.4. The quantitative estimate of drug-likeness (QED) is 0.522. The molecule has 0 aromatic carbocycles. The molecule has 0 aliphatic carbocycles. The minimum Gasteiger partial charge on any atom is -0.475 e. The van der Waals surface area contributed by atoms with Gasteiger partial charge in [-0.15, -0.1) is 0 Å². The summed E-state index contributed by atoms with van der Waals surface area (Å²) in [6, 6.07) is 4.25. The first kappa shape index (κ1) is 31.9. The number of carboxylic acids is 2. The monoisotopic (exact) mass is 562 g/mol. The van der Waals surface area contributed by atoms with Crippen LogP contribution in [0.3, 0.4) is 0 Å². The third kappa shape index (κ3) is 10.4. The van der Waals surface area contributed by atoms with E-state index < -0.39 is 24.3 Å². The van der Waals surface area contributed by atoms with Gasteiger partial charge in [0.1, 0.15) is 11.5 Å².